The normalized spacial score (nSPS) is 20.1. The number of nitrogens with one attached hydrogen (secondary N) is 1. The number of nitrogens with zero attached hydrogens (tertiary/aromatic N) is 4. The molecule has 0 aromatic carbocycles. The number of sulfonamides is 1. The number of piperidine rings is 1. The van der Waals surface area contributed by atoms with Crippen LogP contribution in [0.2, 0.25) is 0 Å². The Balaban J connectivity index is 1.19. The summed E-state index contributed by atoms with van der Waals surface area (Å²) in [7, 11) is -3.26. The Morgan fingerprint density at radius 1 is 1.23 bits per heavy atom. The van der Waals surface area contributed by atoms with E-state index in [9.17, 15) is 8.42 Å². The van der Waals surface area contributed by atoms with Gasteiger partial charge in [-0.3, -0.25) is 4.90 Å². The van der Waals surface area contributed by atoms with Crippen molar-refractivity contribution in [2.24, 2.45) is 0 Å². The van der Waals surface area contributed by atoms with Gasteiger partial charge in [0.15, 0.2) is 0 Å². The third kappa shape index (κ3) is 3.34. The first-order chi connectivity index (χ1) is 14.4. The fourth-order valence-corrected chi connectivity index (χ4v) is 6.68. The number of likely N-dealkylation sites (tertiary alicyclic amines) is 1. The Morgan fingerprint density at radius 3 is 2.70 bits per heavy atom. The van der Waals surface area contributed by atoms with E-state index in [1.54, 1.807) is 10.5 Å². The average molecular weight is 430 g/mol. The summed E-state index contributed by atoms with van der Waals surface area (Å²) in [5.41, 5.74) is 4.10. The Bertz CT molecular complexity index is 1130. The topological polar surface area (TPSA) is 95.3 Å². The smallest absolute Gasteiger partial charge is 0.219 e. The molecule has 0 spiro atoms. The minimum absolute atomic E-state index is 0.313. The van der Waals surface area contributed by atoms with E-state index in [0.717, 1.165) is 40.9 Å². The summed E-state index contributed by atoms with van der Waals surface area (Å²) >= 11 is 0. The highest BCUT2D eigenvalue weighted by molar-refractivity contribution is 7.89. The molecular weight excluding hydrogens is 402 g/mol. The van der Waals surface area contributed by atoms with Gasteiger partial charge in [-0.1, -0.05) is 5.16 Å². The highest BCUT2D eigenvalue weighted by atomic mass is 32.2. The van der Waals surface area contributed by atoms with E-state index in [-0.39, 0.29) is 5.25 Å². The molecule has 0 amide bonds. The molecule has 2 fully saturated rings. The van der Waals surface area contributed by atoms with Crippen LogP contribution in [-0.4, -0.2) is 64.2 Å². The Labute approximate surface area is 176 Å². The number of H-pyrrole nitrogens is 1. The van der Waals surface area contributed by atoms with Crippen molar-refractivity contribution in [1.82, 2.24) is 24.3 Å². The fourth-order valence-electron chi connectivity index (χ4n) is 4.74. The quantitative estimate of drug-likeness (QED) is 0.670. The molecule has 0 atom stereocenters. The van der Waals surface area contributed by atoms with Crippen LogP contribution in [0.1, 0.15) is 41.3 Å². The molecule has 3 aromatic heterocycles. The second-order valence-electron chi connectivity index (χ2n) is 8.48. The summed E-state index contributed by atoms with van der Waals surface area (Å²) in [6, 6.07) is 4.03. The van der Waals surface area contributed by atoms with Crippen molar-refractivity contribution >= 4 is 21.1 Å². The molecule has 0 unspecified atom stereocenters. The Morgan fingerprint density at radius 2 is 2.00 bits per heavy atom. The lowest BCUT2D eigenvalue weighted by Crippen LogP contribution is -2.58. The Kier molecular flexibility index (Phi) is 4.91. The van der Waals surface area contributed by atoms with E-state index < -0.39 is 10.0 Å². The predicted molar refractivity (Wildman–Crippen MR) is 114 cm³/mol. The zero-order chi connectivity index (χ0) is 20.9. The maximum absolute atomic E-state index is 13.1. The number of pyridine rings is 1. The SMILES string of the molecule is Cc1noc(C)c1CN1CC(S(=O)(=O)N2CCC(c3c[nH]c4ncccc34)CC2)C1. The van der Waals surface area contributed by atoms with E-state index in [4.69, 9.17) is 4.52 Å². The molecule has 160 valence electrons. The summed E-state index contributed by atoms with van der Waals surface area (Å²) in [6.45, 7) is 6.83. The molecule has 0 aliphatic carbocycles. The zero-order valence-electron chi connectivity index (χ0n) is 17.3. The third-order valence-corrected chi connectivity index (χ3v) is 8.87. The van der Waals surface area contributed by atoms with Gasteiger partial charge >= 0.3 is 0 Å². The second kappa shape index (κ2) is 7.47. The summed E-state index contributed by atoms with van der Waals surface area (Å²) < 4.78 is 33.1. The van der Waals surface area contributed by atoms with Crippen molar-refractivity contribution in [3.05, 3.63) is 47.1 Å². The van der Waals surface area contributed by atoms with Gasteiger partial charge in [0.1, 0.15) is 16.7 Å². The summed E-state index contributed by atoms with van der Waals surface area (Å²) in [6.07, 6.45) is 5.50. The van der Waals surface area contributed by atoms with E-state index >= 15 is 0 Å². The molecule has 2 aliphatic rings. The van der Waals surface area contributed by atoms with Crippen LogP contribution < -0.4 is 0 Å². The number of aromatic amines is 1. The van der Waals surface area contributed by atoms with Gasteiger partial charge in [0.05, 0.1) is 5.69 Å². The molecule has 0 saturated carbocycles. The van der Waals surface area contributed by atoms with Gasteiger partial charge in [-0.15, -0.1) is 0 Å². The van der Waals surface area contributed by atoms with Crippen LogP contribution in [0.15, 0.2) is 29.0 Å². The van der Waals surface area contributed by atoms with Crippen molar-refractivity contribution < 1.29 is 12.9 Å². The van der Waals surface area contributed by atoms with E-state index in [0.29, 0.717) is 38.6 Å². The van der Waals surface area contributed by atoms with Crippen LogP contribution in [0.3, 0.4) is 0 Å². The number of hydrogen-bond donors (Lipinski definition) is 1. The molecule has 5 rings (SSSR count). The highest BCUT2D eigenvalue weighted by Crippen LogP contribution is 2.34. The van der Waals surface area contributed by atoms with Gasteiger partial charge in [0.25, 0.3) is 0 Å². The molecule has 5 heterocycles. The number of aryl methyl sites for hydroxylation is 2. The van der Waals surface area contributed by atoms with E-state index in [2.05, 4.69) is 26.1 Å². The number of rotatable bonds is 5. The summed E-state index contributed by atoms with van der Waals surface area (Å²) in [5.74, 6) is 1.18. The molecule has 0 bridgehead atoms. The van der Waals surface area contributed by atoms with Crippen molar-refractivity contribution in [3.63, 3.8) is 0 Å². The predicted octanol–water partition coefficient (Wildman–Crippen LogP) is 2.56. The molecule has 8 nitrogen and oxygen atoms in total. The van der Waals surface area contributed by atoms with E-state index in [1.165, 1.54) is 5.56 Å². The van der Waals surface area contributed by atoms with Gasteiger partial charge in [-0.05, 0) is 50.3 Å². The second-order valence-corrected chi connectivity index (χ2v) is 10.7. The van der Waals surface area contributed by atoms with Crippen LogP contribution >= 0.6 is 0 Å². The monoisotopic (exact) mass is 429 g/mol. The first-order valence-electron chi connectivity index (χ1n) is 10.5. The molecular formula is C21H27N5O3S. The molecule has 3 aromatic rings. The van der Waals surface area contributed by atoms with Crippen LogP contribution in [-0.2, 0) is 16.6 Å². The van der Waals surface area contributed by atoms with Crippen molar-refractivity contribution in [2.75, 3.05) is 26.2 Å². The fraction of sp³-hybridized carbons (Fsp3) is 0.524. The standard InChI is InChI=1S/C21H27N5O3S/c1-14-20(15(2)29-24-14)13-25-11-17(12-25)30(27,28)26-8-5-16(6-9-26)19-10-23-21-18(19)4-3-7-22-21/h3-4,7,10,16-17H,5-6,8-9,11-13H2,1-2H3,(H,22,23). The van der Waals surface area contributed by atoms with Crippen LogP contribution in [0.5, 0.6) is 0 Å². The molecule has 30 heavy (non-hydrogen) atoms. The summed E-state index contributed by atoms with van der Waals surface area (Å²) in [5, 5.41) is 4.81. The lowest BCUT2D eigenvalue weighted by Gasteiger charge is -2.42. The molecule has 9 heteroatoms. The number of fused-ring (bicyclic) bond motifs is 1. The van der Waals surface area contributed by atoms with Crippen molar-refractivity contribution in [2.45, 2.75) is 44.4 Å². The lowest BCUT2D eigenvalue weighted by molar-refractivity contribution is 0.168. The number of aromatic nitrogens is 3. The van der Waals surface area contributed by atoms with Crippen molar-refractivity contribution in [1.29, 1.82) is 0 Å². The van der Waals surface area contributed by atoms with Crippen LogP contribution in [0.4, 0.5) is 0 Å². The molecule has 2 aliphatic heterocycles. The minimum atomic E-state index is -3.26. The minimum Gasteiger partial charge on any atom is -0.361 e. The Hall–Kier alpha value is -2.23. The average Bonchev–Trinajstić information content (AvgIpc) is 3.28. The van der Waals surface area contributed by atoms with Gasteiger partial charge in [0.2, 0.25) is 10.0 Å². The third-order valence-electron chi connectivity index (χ3n) is 6.64. The highest BCUT2D eigenvalue weighted by Gasteiger charge is 2.42. The zero-order valence-corrected chi connectivity index (χ0v) is 18.2. The van der Waals surface area contributed by atoms with E-state index in [1.807, 2.05) is 26.1 Å². The summed E-state index contributed by atoms with van der Waals surface area (Å²) in [4.78, 5) is 9.75. The van der Waals surface area contributed by atoms with Crippen LogP contribution in [0.25, 0.3) is 11.0 Å². The van der Waals surface area contributed by atoms with Gasteiger partial charge in [-0.25, -0.2) is 17.7 Å². The maximum Gasteiger partial charge on any atom is 0.219 e. The lowest BCUT2D eigenvalue weighted by atomic mass is 9.90. The first-order valence-corrected chi connectivity index (χ1v) is 12.0. The molecule has 0 radical (unpaired) electrons. The first kappa shape index (κ1) is 19.7. The molecule has 1 N–H and O–H groups in total. The van der Waals surface area contributed by atoms with Gasteiger partial charge in [0, 0.05) is 56.1 Å². The molecule has 2 saturated heterocycles. The largest absolute Gasteiger partial charge is 0.361 e. The number of hydrogen-bond acceptors (Lipinski definition) is 6. The van der Waals surface area contributed by atoms with Gasteiger partial charge in [-0.2, -0.15) is 0 Å². The van der Waals surface area contributed by atoms with Crippen LogP contribution in [0, 0.1) is 13.8 Å². The van der Waals surface area contributed by atoms with Crippen molar-refractivity contribution in [3.8, 4) is 0 Å². The maximum atomic E-state index is 13.1. The van der Waals surface area contributed by atoms with Gasteiger partial charge < -0.3 is 9.51 Å².